The maximum Gasteiger partial charge on any atom is 0.322 e. The Morgan fingerprint density at radius 1 is 0.897 bits per heavy atom. The van der Waals surface area contributed by atoms with E-state index in [0.29, 0.717) is 47.4 Å². The van der Waals surface area contributed by atoms with E-state index < -0.39 is 6.03 Å². The predicted molar refractivity (Wildman–Crippen MR) is 148 cm³/mol. The number of urea groups is 1. The van der Waals surface area contributed by atoms with Crippen LogP contribution in [0.1, 0.15) is 25.2 Å². The molecule has 0 atom stereocenters. The Morgan fingerprint density at radius 2 is 1.59 bits per heavy atom. The van der Waals surface area contributed by atoms with Crippen LogP contribution in [0.15, 0.2) is 59.2 Å². The first kappa shape index (κ1) is 29.2. The first-order valence-corrected chi connectivity index (χ1v) is 12.6. The zero-order chi connectivity index (χ0) is 28.4. The highest BCUT2D eigenvalue weighted by molar-refractivity contribution is 5.93. The summed E-state index contributed by atoms with van der Waals surface area (Å²) in [4.78, 5) is 30.0. The van der Waals surface area contributed by atoms with Gasteiger partial charge in [0.05, 0.1) is 41.2 Å². The van der Waals surface area contributed by atoms with Crippen LogP contribution in [-0.2, 0) is 17.8 Å². The van der Waals surface area contributed by atoms with Crippen LogP contribution in [-0.4, -0.2) is 69.3 Å². The Balaban J connectivity index is 1.75. The van der Waals surface area contributed by atoms with Gasteiger partial charge in [0.25, 0.3) is 0 Å². The number of ether oxygens (including phenoxy) is 4. The zero-order valence-corrected chi connectivity index (χ0v) is 23.4. The van der Waals surface area contributed by atoms with Crippen molar-refractivity contribution in [3.63, 3.8) is 0 Å². The molecule has 210 valence electrons. The van der Waals surface area contributed by atoms with Crippen molar-refractivity contribution in [3.05, 3.63) is 66.1 Å². The van der Waals surface area contributed by atoms with Gasteiger partial charge in [-0.05, 0) is 50.1 Å². The third-order valence-corrected chi connectivity index (χ3v) is 6.19. The number of nitrogens with zero attached hydrogens (tertiary/aromatic N) is 2. The summed E-state index contributed by atoms with van der Waals surface area (Å²) in [6, 6.07) is 13.7. The Bertz CT molecular complexity index is 1210. The van der Waals surface area contributed by atoms with E-state index in [-0.39, 0.29) is 25.0 Å². The van der Waals surface area contributed by atoms with Gasteiger partial charge in [-0.15, -0.1) is 0 Å². The molecule has 3 aromatic rings. The van der Waals surface area contributed by atoms with E-state index in [1.807, 2.05) is 38.1 Å². The molecule has 1 N–H and O–H groups in total. The van der Waals surface area contributed by atoms with E-state index in [1.165, 1.54) is 19.1 Å². The lowest BCUT2D eigenvalue weighted by atomic mass is 10.1. The number of methoxy groups -OCH3 is 4. The number of anilines is 1. The second kappa shape index (κ2) is 14.0. The molecule has 10 nitrogen and oxygen atoms in total. The van der Waals surface area contributed by atoms with Crippen molar-refractivity contribution >= 4 is 17.6 Å². The average Bonchev–Trinajstić information content (AvgIpc) is 3.46. The molecule has 0 aliphatic carbocycles. The minimum Gasteiger partial charge on any atom is -0.497 e. The second-order valence-electron chi connectivity index (χ2n) is 9.09. The van der Waals surface area contributed by atoms with E-state index in [4.69, 9.17) is 23.4 Å². The first-order valence-electron chi connectivity index (χ1n) is 12.6. The quantitative estimate of drug-likeness (QED) is 0.332. The van der Waals surface area contributed by atoms with Crippen LogP contribution in [0, 0.1) is 0 Å². The molecule has 0 spiro atoms. The molecule has 0 saturated carbocycles. The van der Waals surface area contributed by atoms with Gasteiger partial charge in [0, 0.05) is 36.5 Å². The van der Waals surface area contributed by atoms with Gasteiger partial charge in [-0.25, -0.2) is 4.79 Å². The minimum absolute atomic E-state index is 0.114. The fourth-order valence-corrected chi connectivity index (χ4v) is 3.99. The van der Waals surface area contributed by atoms with Gasteiger partial charge in [-0.2, -0.15) is 0 Å². The molecule has 10 heteroatoms. The van der Waals surface area contributed by atoms with Crippen LogP contribution >= 0.6 is 0 Å². The molecule has 1 aromatic heterocycles. The van der Waals surface area contributed by atoms with Crippen molar-refractivity contribution in [2.75, 3.05) is 46.8 Å². The van der Waals surface area contributed by atoms with E-state index >= 15 is 0 Å². The van der Waals surface area contributed by atoms with Crippen molar-refractivity contribution in [2.24, 2.45) is 0 Å². The van der Waals surface area contributed by atoms with E-state index in [2.05, 4.69) is 5.32 Å². The van der Waals surface area contributed by atoms with E-state index in [0.717, 1.165) is 5.56 Å². The zero-order valence-electron chi connectivity index (χ0n) is 23.4. The van der Waals surface area contributed by atoms with Crippen molar-refractivity contribution in [3.8, 4) is 23.0 Å². The number of benzene rings is 2. The van der Waals surface area contributed by atoms with Gasteiger partial charge in [0.2, 0.25) is 5.91 Å². The Morgan fingerprint density at radius 3 is 2.15 bits per heavy atom. The molecular weight excluding hydrogens is 502 g/mol. The highest BCUT2D eigenvalue weighted by atomic mass is 16.5. The van der Waals surface area contributed by atoms with Crippen LogP contribution < -0.4 is 24.3 Å². The monoisotopic (exact) mass is 539 g/mol. The standard InChI is InChI=1S/C29H37N3O7/c1-20(2)32(29(34)30-22-15-24(35-3)17-25(16-22)36-4)19-28(33)31(18-23-8-7-13-39-23)12-11-21-9-10-26(37-5)27(14-21)38-6/h7-10,13-17,20H,11-12,18-19H2,1-6H3,(H,30,34). The maximum absolute atomic E-state index is 13.6. The van der Waals surface area contributed by atoms with Crippen LogP contribution in [0.4, 0.5) is 10.5 Å². The number of nitrogens with one attached hydrogen (secondary N) is 1. The van der Waals surface area contributed by atoms with Gasteiger partial charge in [-0.3, -0.25) is 4.79 Å². The van der Waals surface area contributed by atoms with E-state index in [9.17, 15) is 9.59 Å². The lowest BCUT2D eigenvalue weighted by Crippen LogP contribution is -2.47. The molecule has 1 heterocycles. The third-order valence-electron chi connectivity index (χ3n) is 6.19. The Labute approximate surface area is 229 Å². The number of amides is 3. The minimum atomic E-state index is -0.411. The maximum atomic E-state index is 13.6. The van der Waals surface area contributed by atoms with Crippen LogP contribution in [0.2, 0.25) is 0 Å². The lowest BCUT2D eigenvalue weighted by molar-refractivity contribution is -0.133. The number of rotatable bonds is 13. The van der Waals surface area contributed by atoms with Crippen molar-refractivity contribution in [2.45, 2.75) is 32.9 Å². The summed E-state index contributed by atoms with van der Waals surface area (Å²) in [5.41, 5.74) is 1.48. The molecule has 3 rings (SSSR count). The summed E-state index contributed by atoms with van der Waals surface area (Å²) >= 11 is 0. The third kappa shape index (κ3) is 8.07. The molecule has 39 heavy (non-hydrogen) atoms. The van der Waals surface area contributed by atoms with Crippen molar-refractivity contribution in [1.29, 1.82) is 0 Å². The number of carbonyl (C=O) groups excluding carboxylic acids is 2. The molecule has 0 aliphatic heterocycles. The summed E-state index contributed by atoms with van der Waals surface area (Å²) in [5.74, 6) is 2.78. The van der Waals surface area contributed by atoms with Gasteiger partial charge in [0.15, 0.2) is 11.5 Å². The summed E-state index contributed by atoms with van der Waals surface area (Å²) < 4.78 is 26.8. The first-order chi connectivity index (χ1) is 18.8. The Kier molecular flexibility index (Phi) is 10.5. The second-order valence-corrected chi connectivity index (χ2v) is 9.09. The highest BCUT2D eigenvalue weighted by Crippen LogP contribution is 2.28. The number of carbonyl (C=O) groups is 2. The average molecular weight is 540 g/mol. The van der Waals surface area contributed by atoms with Gasteiger partial charge in [0.1, 0.15) is 23.8 Å². The molecule has 3 amide bonds. The molecule has 0 radical (unpaired) electrons. The van der Waals surface area contributed by atoms with Crippen molar-refractivity contribution in [1.82, 2.24) is 9.80 Å². The number of hydrogen-bond donors (Lipinski definition) is 1. The smallest absolute Gasteiger partial charge is 0.322 e. The topological polar surface area (TPSA) is 103 Å². The number of hydrogen-bond acceptors (Lipinski definition) is 7. The molecule has 0 saturated heterocycles. The predicted octanol–water partition coefficient (Wildman–Crippen LogP) is 4.83. The Hall–Kier alpha value is -4.34. The fraction of sp³-hybridized carbons (Fsp3) is 0.379. The van der Waals surface area contributed by atoms with Gasteiger partial charge >= 0.3 is 6.03 Å². The summed E-state index contributed by atoms with van der Waals surface area (Å²) in [5, 5.41) is 2.86. The molecular formula is C29H37N3O7. The van der Waals surface area contributed by atoms with Crippen LogP contribution in [0.5, 0.6) is 23.0 Å². The molecule has 0 bridgehead atoms. The summed E-state index contributed by atoms with van der Waals surface area (Å²) in [6.45, 7) is 4.30. The van der Waals surface area contributed by atoms with Crippen LogP contribution in [0.25, 0.3) is 0 Å². The molecule has 2 aromatic carbocycles. The van der Waals surface area contributed by atoms with Crippen LogP contribution in [0.3, 0.4) is 0 Å². The highest BCUT2D eigenvalue weighted by Gasteiger charge is 2.25. The lowest BCUT2D eigenvalue weighted by Gasteiger charge is -2.30. The largest absolute Gasteiger partial charge is 0.497 e. The normalized spacial score (nSPS) is 10.6. The molecule has 0 unspecified atom stereocenters. The number of furan rings is 1. The fourth-order valence-electron chi connectivity index (χ4n) is 3.99. The molecule has 0 fully saturated rings. The summed E-state index contributed by atoms with van der Waals surface area (Å²) in [6.07, 6.45) is 2.15. The van der Waals surface area contributed by atoms with Gasteiger partial charge < -0.3 is 38.5 Å². The van der Waals surface area contributed by atoms with Crippen molar-refractivity contribution < 1.29 is 33.0 Å². The van der Waals surface area contributed by atoms with E-state index in [1.54, 1.807) is 49.6 Å². The SMILES string of the molecule is COc1cc(NC(=O)N(CC(=O)N(CCc2ccc(OC)c(OC)c2)Cc2ccco2)C(C)C)cc(OC)c1. The summed E-state index contributed by atoms with van der Waals surface area (Å²) in [7, 11) is 6.24. The van der Waals surface area contributed by atoms with Gasteiger partial charge in [-0.1, -0.05) is 6.07 Å². The molecule has 0 aliphatic rings.